The van der Waals surface area contributed by atoms with Crippen LogP contribution in [-0.2, 0) is 11.3 Å². The van der Waals surface area contributed by atoms with Crippen LogP contribution in [0.4, 0.5) is 5.82 Å². The number of amides is 1. The zero-order chi connectivity index (χ0) is 26.6. The molecule has 39 heavy (non-hydrogen) atoms. The van der Waals surface area contributed by atoms with Gasteiger partial charge in [0, 0.05) is 44.2 Å². The molecule has 1 amide bonds. The van der Waals surface area contributed by atoms with Crippen molar-refractivity contribution in [1.29, 1.82) is 0 Å². The van der Waals surface area contributed by atoms with Crippen molar-refractivity contribution in [2.24, 2.45) is 5.92 Å². The Labute approximate surface area is 230 Å². The Hall–Kier alpha value is -3.27. The molecule has 3 aliphatic rings. The lowest BCUT2D eigenvalue weighted by Crippen LogP contribution is -2.51. The Morgan fingerprint density at radius 2 is 1.77 bits per heavy atom. The van der Waals surface area contributed by atoms with E-state index in [1.807, 2.05) is 36.0 Å². The molecular weight excluding hydrogens is 492 g/mol. The highest BCUT2D eigenvalue weighted by Crippen LogP contribution is 2.31. The Bertz CT molecular complexity index is 1260. The minimum atomic E-state index is 0.191. The molecule has 2 saturated heterocycles. The summed E-state index contributed by atoms with van der Waals surface area (Å²) < 4.78 is 7.40. The first kappa shape index (κ1) is 26.0. The molecule has 0 unspecified atom stereocenters. The second kappa shape index (κ2) is 11.9. The average Bonchev–Trinajstić information content (AvgIpc) is 3.40. The van der Waals surface area contributed by atoms with Crippen LogP contribution >= 0.6 is 0 Å². The maximum Gasteiger partial charge on any atom is 0.225 e. The van der Waals surface area contributed by atoms with Crippen molar-refractivity contribution in [2.75, 3.05) is 50.8 Å². The van der Waals surface area contributed by atoms with Crippen molar-refractivity contribution < 1.29 is 9.53 Å². The predicted molar refractivity (Wildman–Crippen MR) is 150 cm³/mol. The molecule has 10 nitrogen and oxygen atoms in total. The summed E-state index contributed by atoms with van der Waals surface area (Å²) in [5.41, 5.74) is 1.65. The molecule has 1 aliphatic carbocycles. The van der Waals surface area contributed by atoms with E-state index in [0.29, 0.717) is 31.0 Å². The van der Waals surface area contributed by atoms with Crippen LogP contribution in [-0.4, -0.2) is 92.4 Å². The molecule has 0 atom stereocenters. The van der Waals surface area contributed by atoms with E-state index < -0.39 is 0 Å². The first-order valence-electron chi connectivity index (χ1n) is 14.7. The third-order valence-electron chi connectivity index (χ3n) is 8.64. The minimum absolute atomic E-state index is 0.191. The van der Waals surface area contributed by atoms with Gasteiger partial charge < -0.3 is 19.4 Å². The Balaban J connectivity index is 1.06. The number of hydrogen-bond donors (Lipinski definition) is 0. The van der Waals surface area contributed by atoms with E-state index in [0.717, 1.165) is 61.6 Å². The highest BCUT2D eigenvalue weighted by atomic mass is 16.5. The van der Waals surface area contributed by atoms with Gasteiger partial charge in [0.25, 0.3) is 0 Å². The van der Waals surface area contributed by atoms with E-state index in [-0.39, 0.29) is 5.92 Å². The first-order valence-corrected chi connectivity index (χ1v) is 14.7. The van der Waals surface area contributed by atoms with Crippen LogP contribution < -0.4 is 9.64 Å². The molecule has 0 N–H and O–H groups in total. The number of anilines is 1. The van der Waals surface area contributed by atoms with Gasteiger partial charge in [-0.2, -0.15) is 5.10 Å². The van der Waals surface area contributed by atoms with Gasteiger partial charge >= 0.3 is 0 Å². The van der Waals surface area contributed by atoms with Gasteiger partial charge in [0.15, 0.2) is 5.65 Å². The van der Waals surface area contributed by atoms with Gasteiger partial charge in [-0.25, -0.2) is 19.6 Å². The second-order valence-corrected chi connectivity index (χ2v) is 11.1. The highest BCUT2D eigenvalue weighted by Gasteiger charge is 2.33. The quantitative estimate of drug-likeness (QED) is 0.457. The summed E-state index contributed by atoms with van der Waals surface area (Å²) in [4.78, 5) is 34.1. The monoisotopic (exact) mass is 532 g/mol. The zero-order valence-electron chi connectivity index (χ0n) is 23.0. The highest BCUT2D eigenvalue weighted by molar-refractivity contribution is 5.87. The SMILES string of the molecule is CCOc1cccc(Cn2ncc3c(N4CCN(C(=O)C5CCC(N6CCCCC6)CC5)CC4)ncnc32)n1. The van der Waals surface area contributed by atoms with Crippen molar-refractivity contribution in [2.45, 2.75) is 64.5 Å². The maximum absolute atomic E-state index is 13.4. The second-order valence-electron chi connectivity index (χ2n) is 11.1. The number of nitrogens with zero attached hydrogens (tertiary/aromatic N) is 8. The van der Waals surface area contributed by atoms with Gasteiger partial charge in [-0.15, -0.1) is 0 Å². The lowest BCUT2D eigenvalue weighted by molar-refractivity contribution is -0.137. The summed E-state index contributed by atoms with van der Waals surface area (Å²) in [6, 6.07) is 6.46. The molecular formula is C29H40N8O2. The molecule has 3 fully saturated rings. The van der Waals surface area contributed by atoms with Gasteiger partial charge in [0.1, 0.15) is 12.1 Å². The molecule has 0 bridgehead atoms. The largest absolute Gasteiger partial charge is 0.478 e. The van der Waals surface area contributed by atoms with Crippen LogP contribution in [0.1, 0.15) is 57.6 Å². The topological polar surface area (TPSA) is 92.5 Å². The van der Waals surface area contributed by atoms with Gasteiger partial charge in [0.2, 0.25) is 11.8 Å². The summed E-state index contributed by atoms with van der Waals surface area (Å²) in [6.07, 6.45) is 11.9. The zero-order valence-corrected chi connectivity index (χ0v) is 23.0. The summed E-state index contributed by atoms with van der Waals surface area (Å²) in [5.74, 6) is 2.05. The molecule has 10 heteroatoms. The van der Waals surface area contributed by atoms with Crippen molar-refractivity contribution in [3.63, 3.8) is 0 Å². The number of carbonyl (C=O) groups excluding carboxylic acids is 1. The number of fused-ring (bicyclic) bond motifs is 1. The van der Waals surface area contributed by atoms with E-state index in [1.165, 1.54) is 45.2 Å². The average molecular weight is 533 g/mol. The molecule has 0 radical (unpaired) electrons. The molecule has 6 rings (SSSR count). The van der Waals surface area contributed by atoms with Crippen LogP contribution in [0.3, 0.4) is 0 Å². The smallest absolute Gasteiger partial charge is 0.225 e. The van der Waals surface area contributed by atoms with E-state index in [1.54, 1.807) is 6.33 Å². The minimum Gasteiger partial charge on any atom is -0.478 e. The third kappa shape index (κ3) is 5.71. The number of likely N-dealkylation sites (tertiary alicyclic amines) is 1. The fourth-order valence-corrected chi connectivity index (χ4v) is 6.54. The standard InChI is InChI=1S/C29H40N8O2/c1-2-39-26-8-6-7-23(33-26)20-37-28-25(19-32-37)27(30-21-31-28)35-15-17-36(18-16-35)29(38)22-9-11-24(12-10-22)34-13-4-3-5-14-34/h6-8,19,21-22,24H,2-5,9-18,20H2,1H3. The molecule has 3 aromatic heterocycles. The predicted octanol–water partition coefficient (Wildman–Crippen LogP) is 3.36. The van der Waals surface area contributed by atoms with Gasteiger partial charge in [0.05, 0.1) is 30.4 Å². The number of piperidine rings is 1. The van der Waals surface area contributed by atoms with Crippen LogP contribution in [0.25, 0.3) is 11.0 Å². The maximum atomic E-state index is 13.4. The van der Waals surface area contributed by atoms with Crippen molar-refractivity contribution >= 4 is 22.8 Å². The van der Waals surface area contributed by atoms with Gasteiger partial charge in [-0.1, -0.05) is 12.5 Å². The van der Waals surface area contributed by atoms with Crippen molar-refractivity contribution in [3.05, 3.63) is 36.4 Å². The Morgan fingerprint density at radius 1 is 0.974 bits per heavy atom. The molecule has 1 saturated carbocycles. The summed E-state index contributed by atoms with van der Waals surface area (Å²) in [5, 5.41) is 5.53. The lowest BCUT2D eigenvalue weighted by atomic mass is 9.83. The molecule has 5 heterocycles. The molecule has 0 spiro atoms. The van der Waals surface area contributed by atoms with E-state index in [4.69, 9.17) is 4.74 Å². The van der Waals surface area contributed by atoms with E-state index in [9.17, 15) is 4.79 Å². The number of pyridine rings is 1. The van der Waals surface area contributed by atoms with Crippen LogP contribution in [0.5, 0.6) is 5.88 Å². The number of hydrogen-bond acceptors (Lipinski definition) is 8. The molecule has 3 aromatic rings. The number of aromatic nitrogens is 5. The molecule has 208 valence electrons. The number of rotatable bonds is 7. The van der Waals surface area contributed by atoms with E-state index in [2.05, 4.69) is 34.8 Å². The fraction of sp³-hybridized carbons (Fsp3) is 0.621. The first-order chi connectivity index (χ1) is 19.2. The molecule has 2 aliphatic heterocycles. The summed E-state index contributed by atoms with van der Waals surface area (Å²) in [6.45, 7) is 8.53. The van der Waals surface area contributed by atoms with E-state index >= 15 is 0 Å². The van der Waals surface area contributed by atoms with Crippen molar-refractivity contribution in [1.82, 2.24) is 34.5 Å². The summed E-state index contributed by atoms with van der Waals surface area (Å²) in [7, 11) is 0. The number of piperazine rings is 1. The fourth-order valence-electron chi connectivity index (χ4n) is 6.54. The van der Waals surface area contributed by atoms with Crippen LogP contribution in [0, 0.1) is 5.92 Å². The number of carbonyl (C=O) groups is 1. The number of ether oxygens (including phenoxy) is 1. The Morgan fingerprint density at radius 3 is 2.54 bits per heavy atom. The normalized spacial score (nSPS) is 22.8. The summed E-state index contributed by atoms with van der Waals surface area (Å²) >= 11 is 0. The van der Waals surface area contributed by atoms with Crippen LogP contribution in [0.2, 0.25) is 0 Å². The van der Waals surface area contributed by atoms with Gasteiger partial charge in [-0.05, 0) is 64.6 Å². The van der Waals surface area contributed by atoms with Crippen molar-refractivity contribution in [3.8, 4) is 5.88 Å². The van der Waals surface area contributed by atoms with Crippen LogP contribution in [0.15, 0.2) is 30.7 Å². The lowest BCUT2D eigenvalue weighted by Gasteiger charge is -2.41. The molecule has 0 aromatic carbocycles. The van der Waals surface area contributed by atoms with Gasteiger partial charge in [-0.3, -0.25) is 4.79 Å². The Kier molecular flexibility index (Phi) is 7.90. The third-order valence-corrected chi connectivity index (χ3v) is 8.64.